The second-order valence-corrected chi connectivity index (χ2v) is 8.53. The highest BCUT2D eigenvalue weighted by Gasteiger charge is 2.34. The number of likely N-dealkylation sites (tertiary alicyclic amines) is 1. The first-order valence-electron chi connectivity index (χ1n) is 10.1. The normalized spacial score (nSPS) is 17.3. The predicted octanol–water partition coefficient (Wildman–Crippen LogP) is 3.17. The monoisotopic (exact) mass is 429 g/mol. The third kappa shape index (κ3) is 5.79. The molecule has 1 aliphatic rings. The number of nitrogens with one attached hydrogen (secondary N) is 3. The lowest BCUT2D eigenvalue weighted by atomic mass is 9.95. The molecule has 2 unspecified atom stereocenters. The summed E-state index contributed by atoms with van der Waals surface area (Å²) in [6.45, 7) is 4.69. The molecule has 0 saturated carbocycles. The maximum absolute atomic E-state index is 13.2. The number of carbonyl (C=O) groups excluding carboxylic acids is 3. The van der Waals surface area contributed by atoms with Crippen molar-refractivity contribution in [1.29, 1.82) is 0 Å². The molecule has 1 aliphatic heterocycles. The van der Waals surface area contributed by atoms with Crippen LogP contribution in [0.3, 0.4) is 0 Å². The van der Waals surface area contributed by atoms with Crippen LogP contribution in [-0.2, 0) is 9.59 Å². The number of hydrogen-bond acceptors (Lipinski definition) is 5. The van der Waals surface area contributed by atoms with Crippen molar-refractivity contribution < 1.29 is 14.4 Å². The van der Waals surface area contributed by atoms with E-state index in [-0.39, 0.29) is 23.7 Å². The summed E-state index contributed by atoms with van der Waals surface area (Å²) in [4.78, 5) is 43.9. The quantitative estimate of drug-likeness (QED) is 0.656. The van der Waals surface area contributed by atoms with Crippen LogP contribution < -0.4 is 16.0 Å². The van der Waals surface area contributed by atoms with E-state index in [1.54, 1.807) is 28.6 Å². The van der Waals surface area contributed by atoms with Gasteiger partial charge in [-0.15, -0.1) is 11.3 Å². The number of aromatic nitrogens is 1. The summed E-state index contributed by atoms with van der Waals surface area (Å²) in [6, 6.07) is 7.97. The number of anilines is 2. The van der Waals surface area contributed by atoms with E-state index in [9.17, 15) is 14.4 Å². The van der Waals surface area contributed by atoms with Crippen molar-refractivity contribution in [3.8, 4) is 0 Å². The number of piperidine rings is 1. The summed E-state index contributed by atoms with van der Waals surface area (Å²) in [5, 5.41) is 10.7. The predicted molar refractivity (Wildman–Crippen MR) is 117 cm³/mol. The lowest BCUT2D eigenvalue weighted by molar-refractivity contribution is -0.137. The van der Waals surface area contributed by atoms with E-state index < -0.39 is 12.1 Å². The number of hydrogen-bond donors (Lipinski definition) is 3. The van der Waals surface area contributed by atoms with Crippen molar-refractivity contribution in [2.24, 2.45) is 11.8 Å². The fourth-order valence-electron chi connectivity index (χ4n) is 3.42. The standard InChI is InChI=1S/C21H27N5O3S/c1-14(2)17(24-20(29)23-16-8-4-3-5-9-16)19(28)26-11-6-7-15(13-26)18(27)25-21-22-10-12-30-21/h3-5,8-10,12,14-15,17H,6-7,11,13H2,1-2H3,(H,22,25,27)(H2,23,24,29). The molecule has 0 aliphatic carbocycles. The van der Waals surface area contributed by atoms with Crippen LogP contribution in [0, 0.1) is 11.8 Å². The van der Waals surface area contributed by atoms with E-state index in [1.807, 2.05) is 32.0 Å². The van der Waals surface area contributed by atoms with Crippen molar-refractivity contribution >= 4 is 40.0 Å². The number of amides is 4. The maximum Gasteiger partial charge on any atom is 0.319 e. The lowest BCUT2D eigenvalue weighted by Gasteiger charge is -2.35. The van der Waals surface area contributed by atoms with Crippen LogP contribution >= 0.6 is 11.3 Å². The maximum atomic E-state index is 13.2. The summed E-state index contributed by atoms with van der Waals surface area (Å²) in [5.41, 5.74) is 0.654. The van der Waals surface area contributed by atoms with Crippen LogP contribution in [0.5, 0.6) is 0 Å². The van der Waals surface area contributed by atoms with Gasteiger partial charge in [0.1, 0.15) is 6.04 Å². The molecule has 2 heterocycles. The Morgan fingerprint density at radius 2 is 1.93 bits per heavy atom. The summed E-state index contributed by atoms with van der Waals surface area (Å²) < 4.78 is 0. The fourth-order valence-corrected chi connectivity index (χ4v) is 3.96. The summed E-state index contributed by atoms with van der Waals surface area (Å²) in [6.07, 6.45) is 3.09. The zero-order chi connectivity index (χ0) is 21.5. The van der Waals surface area contributed by atoms with Gasteiger partial charge in [-0.3, -0.25) is 9.59 Å². The Kier molecular flexibility index (Phi) is 7.40. The highest BCUT2D eigenvalue weighted by molar-refractivity contribution is 7.13. The molecule has 30 heavy (non-hydrogen) atoms. The number of benzene rings is 1. The molecule has 2 atom stereocenters. The Bertz CT molecular complexity index is 857. The molecule has 8 nitrogen and oxygen atoms in total. The van der Waals surface area contributed by atoms with E-state index in [0.29, 0.717) is 23.9 Å². The summed E-state index contributed by atoms with van der Waals surface area (Å²) in [5.74, 6) is -0.681. The van der Waals surface area contributed by atoms with Gasteiger partial charge in [0.25, 0.3) is 0 Å². The third-order valence-electron chi connectivity index (χ3n) is 5.02. The minimum Gasteiger partial charge on any atom is -0.340 e. The Hall–Kier alpha value is -2.94. The molecule has 3 N–H and O–H groups in total. The van der Waals surface area contributed by atoms with E-state index in [1.165, 1.54) is 11.3 Å². The third-order valence-corrected chi connectivity index (χ3v) is 5.71. The van der Waals surface area contributed by atoms with Crippen LogP contribution in [0.25, 0.3) is 0 Å². The average molecular weight is 430 g/mol. The van der Waals surface area contributed by atoms with Gasteiger partial charge in [0.15, 0.2) is 5.13 Å². The molecular formula is C21H27N5O3S. The number of para-hydroxylation sites is 1. The molecule has 0 bridgehead atoms. The largest absolute Gasteiger partial charge is 0.340 e. The SMILES string of the molecule is CC(C)C(NC(=O)Nc1ccccc1)C(=O)N1CCCC(C(=O)Nc2nccs2)C1. The summed E-state index contributed by atoms with van der Waals surface area (Å²) in [7, 11) is 0. The molecule has 0 radical (unpaired) electrons. The van der Waals surface area contributed by atoms with E-state index in [0.717, 1.165) is 12.8 Å². The minimum absolute atomic E-state index is 0.0939. The van der Waals surface area contributed by atoms with E-state index in [4.69, 9.17) is 0 Å². The van der Waals surface area contributed by atoms with Crippen molar-refractivity contribution in [3.63, 3.8) is 0 Å². The smallest absolute Gasteiger partial charge is 0.319 e. The Balaban J connectivity index is 1.60. The van der Waals surface area contributed by atoms with Crippen molar-refractivity contribution in [2.75, 3.05) is 23.7 Å². The molecule has 2 aromatic rings. The van der Waals surface area contributed by atoms with Crippen LogP contribution in [-0.4, -0.2) is 46.9 Å². The number of carbonyl (C=O) groups is 3. The first kappa shape index (κ1) is 21.8. The van der Waals surface area contributed by atoms with Gasteiger partial charge in [-0.2, -0.15) is 0 Å². The molecule has 160 valence electrons. The molecule has 3 rings (SSSR count). The summed E-state index contributed by atoms with van der Waals surface area (Å²) >= 11 is 1.36. The van der Waals surface area contributed by atoms with Crippen LogP contribution in [0.15, 0.2) is 41.9 Å². The van der Waals surface area contributed by atoms with E-state index in [2.05, 4.69) is 20.9 Å². The topological polar surface area (TPSA) is 103 Å². The number of thiazole rings is 1. The Morgan fingerprint density at radius 1 is 1.17 bits per heavy atom. The minimum atomic E-state index is -0.672. The molecule has 1 saturated heterocycles. The fraction of sp³-hybridized carbons (Fsp3) is 0.429. The van der Waals surface area contributed by atoms with Crippen molar-refractivity contribution in [2.45, 2.75) is 32.7 Å². The zero-order valence-corrected chi connectivity index (χ0v) is 17.9. The highest BCUT2D eigenvalue weighted by atomic mass is 32.1. The van der Waals surface area contributed by atoms with Gasteiger partial charge in [-0.05, 0) is 30.9 Å². The van der Waals surface area contributed by atoms with Crippen LogP contribution in [0.4, 0.5) is 15.6 Å². The van der Waals surface area contributed by atoms with Gasteiger partial charge in [-0.25, -0.2) is 9.78 Å². The van der Waals surface area contributed by atoms with Gasteiger partial charge >= 0.3 is 6.03 Å². The van der Waals surface area contributed by atoms with Gasteiger partial charge in [-0.1, -0.05) is 32.0 Å². The molecule has 0 spiro atoms. The molecular weight excluding hydrogens is 402 g/mol. The van der Waals surface area contributed by atoms with Crippen molar-refractivity contribution in [1.82, 2.24) is 15.2 Å². The zero-order valence-electron chi connectivity index (χ0n) is 17.1. The van der Waals surface area contributed by atoms with Gasteiger partial charge in [0.2, 0.25) is 11.8 Å². The van der Waals surface area contributed by atoms with E-state index >= 15 is 0 Å². The first-order chi connectivity index (χ1) is 14.4. The number of nitrogens with zero attached hydrogens (tertiary/aromatic N) is 2. The molecule has 9 heteroatoms. The average Bonchev–Trinajstić information content (AvgIpc) is 3.25. The van der Waals surface area contributed by atoms with Crippen LogP contribution in [0.1, 0.15) is 26.7 Å². The Morgan fingerprint density at radius 3 is 2.60 bits per heavy atom. The first-order valence-corrected chi connectivity index (χ1v) is 10.9. The second kappa shape index (κ2) is 10.2. The molecule has 1 aromatic heterocycles. The Labute approximate surface area is 180 Å². The number of urea groups is 1. The van der Waals surface area contributed by atoms with Gasteiger partial charge in [0, 0.05) is 30.4 Å². The number of rotatable bonds is 6. The van der Waals surface area contributed by atoms with Crippen molar-refractivity contribution in [3.05, 3.63) is 41.9 Å². The molecule has 4 amide bonds. The van der Waals surface area contributed by atoms with Crippen LogP contribution in [0.2, 0.25) is 0 Å². The molecule has 1 fully saturated rings. The second-order valence-electron chi connectivity index (χ2n) is 7.64. The van der Waals surface area contributed by atoms with Gasteiger partial charge in [0.05, 0.1) is 5.92 Å². The van der Waals surface area contributed by atoms with Gasteiger partial charge < -0.3 is 20.9 Å². The molecule has 1 aromatic carbocycles. The lowest BCUT2D eigenvalue weighted by Crippen LogP contribution is -2.55. The highest BCUT2D eigenvalue weighted by Crippen LogP contribution is 2.21.